The molecule has 0 aromatic carbocycles. The molecule has 88 valence electrons. The molecule has 1 aliphatic rings. The number of hydrogen-bond acceptors (Lipinski definition) is 5. The van der Waals surface area contributed by atoms with Crippen molar-refractivity contribution < 1.29 is 0 Å². The Hall–Kier alpha value is -1.36. The number of anilines is 2. The molecule has 0 unspecified atom stereocenters. The van der Waals surface area contributed by atoms with Crippen LogP contribution in [0.3, 0.4) is 0 Å². The molecule has 0 spiro atoms. The first-order valence-corrected chi connectivity index (χ1v) is 5.75. The zero-order valence-corrected chi connectivity index (χ0v) is 9.69. The quantitative estimate of drug-likeness (QED) is 0.790. The van der Waals surface area contributed by atoms with Crippen LogP contribution < -0.4 is 11.1 Å². The van der Waals surface area contributed by atoms with Gasteiger partial charge in [-0.3, -0.25) is 0 Å². The lowest BCUT2D eigenvalue weighted by atomic mass is 9.97. The van der Waals surface area contributed by atoms with E-state index in [9.17, 15) is 0 Å². The summed E-state index contributed by atoms with van der Waals surface area (Å²) in [5, 5.41) is 3.25. The molecule has 16 heavy (non-hydrogen) atoms. The number of nitrogens with one attached hydrogen (secondary N) is 1. The molecular weight excluding hydrogens is 202 g/mol. The summed E-state index contributed by atoms with van der Waals surface area (Å²) in [4.78, 5) is 10.6. The maximum atomic E-state index is 5.59. The molecule has 0 bridgehead atoms. The Morgan fingerprint density at radius 2 is 2.25 bits per heavy atom. The van der Waals surface area contributed by atoms with E-state index in [-0.39, 0.29) is 0 Å². The number of rotatable bonds is 3. The molecule has 0 atom stereocenters. The molecule has 1 fully saturated rings. The average Bonchev–Trinajstić information content (AvgIpc) is 2.28. The molecule has 0 amide bonds. The van der Waals surface area contributed by atoms with Gasteiger partial charge in [-0.25, -0.2) is 4.98 Å². The zero-order chi connectivity index (χ0) is 11.4. The molecule has 1 aromatic heterocycles. The van der Waals surface area contributed by atoms with Crippen molar-refractivity contribution in [3.8, 4) is 0 Å². The summed E-state index contributed by atoms with van der Waals surface area (Å²) in [6, 6.07) is 1.70. The van der Waals surface area contributed by atoms with E-state index in [2.05, 4.69) is 27.2 Å². The van der Waals surface area contributed by atoms with Crippen molar-refractivity contribution in [2.24, 2.45) is 5.92 Å². The van der Waals surface area contributed by atoms with Crippen molar-refractivity contribution >= 4 is 11.8 Å². The van der Waals surface area contributed by atoms with E-state index < -0.39 is 0 Å². The highest BCUT2D eigenvalue weighted by atomic mass is 15.1. The summed E-state index contributed by atoms with van der Waals surface area (Å²) in [5.41, 5.74) is 5.59. The Bertz CT molecular complexity index is 333. The van der Waals surface area contributed by atoms with Crippen LogP contribution in [0, 0.1) is 5.92 Å². The third-order valence-corrected chi connectivity index (χ3v) is 3.06. The predicted molar refractivity (Wildman–Crippen MR) is 65.2 cm³/mol. The first-order chi connectivity index (χ1) is 7.74. The van der Waals surface area contributed by atoms with Crippen LogP contribution >= 0.6 is 0 Å². The normalized spacial score (nSPS) is 18.6. The molecule has 0 radical (unpaired) electrons. The lowest BCUT2D eigenvalue weighted by Gasteiger charge is -2.28. The third-order valence-electron chi connectivity index (χ3n) is 3.06. The molecular formula is C11H19N5. The Kier molecular flexibility index (Phi) is 3.56. The van der Waals surface area contributed by atoms with Gasteiger partial charge in [-0.15, -0.1) is 0 Å². The van der Waals surface area contributed by atoms with Gasteiger partial charge in [0.2, 0.25) is 5.95 Å². The van der Waals surface area contributed by atoms with Crippen molar-refractivity contribution in [1.29, 1.82) is 0 Å². The summed E-state index contributed by atoms with van der Waals surface area (Å²) >= 11 is 0. The number of aromatic nitrogens is 2. The average molecular weight is 221 g/mol. The van der Waals surface area contributed by atoms with Gasteiger partial charge in [0.25, 0.3) is 0 Å². The van der Waals surface area contributed by atoms with E-state index >= 15 is 0 Å². The molecule has 0 aliphatic carbocycles. The summed E-state index contributed by atoms with van der Waals surface area (Å²) < 4.78 is 0. The topological polar surface area (TPSA) is 67.1 Å². The Morgan fingerprint density at radius 1 is 1.50 bits per heavy atom. The lowest BCUT2D eigenvalue weighted by molar-refractivity contribution is 0.226. The second-order valence-electron chi connectivity index (χ2n) is 4.43. The fourth-order valence-corrected chi connectivity index (χ4v) is 1.96. The Morgan fingerprint density at radius 3 is 2.94 bits per heavy atom. The van der Waals surface area contributed by atoms with Crippen LogP contribution in [0.1, 0.15) is 12.8 Å². The van der Waals surface area contributed by atoms with Gasteiger partial charge in [-0.1, -0.05) is 0 Å². The standard InChI is InChI=1S/C11H19N5/c1-16-6-3-9(4-7-16)8-14-11-13-5-2-10(12)15-11/h2,5,9H,3-4,6-8H2,1H3,(H3,12,13,14,15). The molecule has 5 heteroatoms. The van der Waals surface area contributed by atoms with Gasteiger partial charge in [0.1, 0.15) is 5.82 Å². The molecule has 5 nitrogen and oxygen atoms in total. The van der Waals surface area contributed by atoms with Crippen molar-refractivity contribution in [3.05, 3.63) is 12.3 Å². The summed E-state index contributed by atoms with van der Waals surface area (Å²) in [7, 11) is 2.17. The van der Waals surface area contributed by atoms with Crippen LogP contribution in [0.15, 0.2) is 12.3 Å². The molecule has 1 aromatic rings. The fraction of sp³-hybridized carbons (Fsp3) is 0.636. The minimum absolute atomic E-state index is 0.515. The second-order valence-corrected chi connectivity index (χ2v) is 4.43. The van der Waals surface area contributed by atoms with Gasteiger partial charge in [0, 0.05) is 12.7 Å². The molecule has 2 rings (SSSR count). The SMILES string of the molecule is CN1CCC(CNc2nccc(N)n2)CC1. The van der Waals surface area contributed by atoms with Gasteiger partial charge in [0.15, 0.2) is 0 Å². The highest BCUT2D eigenvalue weighted by molar-refractivity contribution is 5.34. The van der Waals surface area contributed by atoms with Gasteiger partial charge in [-0.05, 0) is 45.0 Å². The first-order valence-electron chi connectivity index (χ1n) is 5.75. The zero-order valence-electron chi connectivity index (χ0n) is 9.69. The number of piperidine rings is 1. The molecule has 1 saturated heterocycles. The van der Waals surface area contributed by atoms with Crippen LogP contribution in [0.5, 0.6) is 0 Å². The van der Waals surface area contributed by atoms with Crippen LogP contribution in [0.2, 0.25) is 0 Å². The highest BCUT2D eigenvalue weighted by Gasteiger charge is 2.16. The van der Waals surface area contributed by atoms with E-state index in [4.69, 9.17) is 5.73 Å². The largest absolute Gasteiger partial charge is 0.384 e. The maximum Gasteiger partial charge on any atom is 0.224 e. The van der Waals surface area contributed by atoms with Gasteiger partial charge >= 0.3 is 0 Å². The number of likely N-dealkylation sites (tertiary alicyclic amines) is 1. The molecule has 2 heterocycles. The minimum atomic E-state index is 0.515. The highest BCUT2D eigenvalue weighted by Crippen LogP contribution is 2.16. The third kappa shape index (κ3) is 3.06. The number of nitrogen functional groups attached to an aromatic ring is 1. The Balaban J connectivity index is 1.79. The smallest absolute Gasteiger partial charge is 0.224 e. The number of nitrogens with two attached hydrogens (primary N) is 1. The number of nitrogens with zero attached hydrogens (tertiary/aromatic N) is 3. The van der Waals surface area contributed by atoms with Gasteiger partial charge < -0.3 is 16.0 Å². The van der Waals surface area contributed by atoms with Crippen molar-refractivity contribution in [2.75, 3.05) is 37.7 Å². The van der Waals surface area contributed by atoms with Crippen molar-refractivity contribution in [3.63, 3.8) is 0 Å². The van der Waals surface area contributed by atoms with E-state index in [0.29, 0.717) is 11.8 Å². The summed E-state index contributed by atoms with van der Waals surface area (Å²) in [6.45, 7) is 3.31. The van der Waals surface area contributed by atoms with Crippen LogP contribution in [0.25, 0.3) is 0 Å². The number of hydrogen-bond donors (Lipinski definition) is 2. The molecule has 1 aliphatic heterocycles. The van der Waals surface area contributed by atoms with E-state index in [1.807, 2.05) is 0 Å². The fourth-order valence-electron chi connectivity index (χ4n) is 1.96. The second kappa shape index (κ2) is 5.12. The maximum absolute atomic E-state index is 5.59. The van der Waals surface area contributed by atoms with Crippen LogP contribution in [-0.2, 0) is 0 Å². The Labute approximate surface area is 96.1 Å². The molecule has 0 saturated carbocycles. The first kappa shape index (κ1) is 11.1. The van der Waals surface area contributed by atoms with Crippen LogP contribution in [-0.4, -0.2) is 41.5 Å². The van der Waals surface area contributed by atoms with Gasteiger partial charge in [-0.2, -0.15) is 4.98 Å². The van der Waals surface area contributed by atoms with Gasteiger partial charge in [0.05, 0.1) is 0 Å². The van der Waals surface area contributed by atoms with E-state index in [0.717, 1.165) is 12.5 Å². The van der Waals surface area contributed by atoms with Crippen molar-refractivity contribution in [1.82, 2.24) is 14.9 Å². The lowest BCUT2D eigenvalue weighted by Crippen LogP contribution is -2.33. The van der Waals surface area contributed by atoms with E-state index in [1.54, 1.807) is 12.3 Å². The predicted octanol–water partition coefficient (Wildman–Crippen LogP) is 0.812. The van der Waals surface area contributed by atoms with Crippen LogP contribution in [0.4, 0.5) is 11.8 Å². The van der Waals surface area contributed by atoms with E-state index in [1.165, 1.54) is 25.9 Å². The van der Waals surface area contributed by atoms with Crippen molar-refractivity contribution in [2.45, 2.75) is 12.8 Å². The summed E-state index contributed by atoms with van der Waals surface area (Å²) in [5.74, 6) is 1.88. The summed E-state index contributed by atoms with van der Waals surface area (Å²) in [6.07, 6.45) is 4.16. The minimum Gasteiger partial charge on any atom is -0.384 e. The monoisotopic (exact) mass is 221 g/mol. The molecule has 3 N–H and O–H groups in total.